The zero-order chi connectivity index (χ0) is 16.4. The van der Waals surface area contributed by atoms with Crippen LogP contribution in [0, 0.1) is 0 Å². The van der Waals surface area contributed by atoms with Crippen LogP contribution in [0.25, 0.3) is 10.6 Å². The largest absolute Gasteiger partial charge is 0.366 e. The van der Waals surface area contributed by atoms with Gasteiger partial charge in [-0.3, -0.25) is 9.52 Å². The zero-order valence-corrected chi connectivity index (χ0v) is 13.2. The molecule has 7 nitrogen and oxygen atoms in total. The third-order valence-corrected chi connectivity index (χ3v) is 5.92. The minimum absolute atomic E-state index is 0.142. The van der Waals surface area contributed by atoms with Gasteiger partial charge in [-0.1, -0.05) is 5.16 Å². The van der Waals surface area contributed by atoms with Crippen molar-refractivity contribution in [1.82, 2.24) is 5.16 Å². The Morgan fingerprint density at radius 1 is 1.13 bits per heavy atom. The summed E-state index contributed by atoms with van der Waals surface area (Å²) >= 11 is 1.07. The van der Waals surface area contributed by atoms with E-state index in [1.807, 2.05) is 0 Å². The first-order valence-electron chi connectivity index (χ1n) is 6.39. The molecule has 3 rings (SSSR count). The number of anilines is 1. The summed E-state index contributed by atoms with van der Waals surface area (Å²) in [5, 5.41) is 3.59. The van der Waals surface area contributed by atoms with Crippen LogP contribution in [0.15, 0.2) is 57.4 Å². The Morgan fingerprint density at radius 3 is 2.48 bits per heavy atom. The van der Waals surface area contributed by atoms with Crippen LogP contribution in [-0.2, 0) is 10.0 Å². The standard InChI is InChI=1S/C14H11N3O4S2/c15-14(18)9-1-3-10(4-2-9)17-23(19,20)13-6-5-12(22-13)11-7-8-16-21-11/h1-8,17H,(H2,15,18). The number of carbonyl (C=O) groups excluding carboxylic acids is 1. The van der Waals surface area contributed by atoms with E-state index in [-0.39, 0.29) is 4.21 Å². The van der Waals surface area contributed by atoms with Gasteiger partial charge in [0, 0.05) is 17.3 Å². The number of nitrogens with two attached hydrogens (primary N) is 1. The molecular weight excluding hydrogens is 338 g/mol. The van der Waals surface area contributed by atoms with Crippen molar-refractivity contribution in [2.75, 3.05) is 4.72 Å². The number of sulfonamides is 1. The van der Waals surface area contributed by atoms with Crippen LogP contribution >= 0.6 is 11.3 Å². The molecule has 0 fully saturated rings. The summed E-state index contributed by atoms with van der Waals surface area (Å²) in [5.41, 5.74) is 5.78. The highest BCUT2D eigenvalue weighted by Crippen LogP contribution is 2.31. The lowest BCUT2D eigenvalue weighted by Gasteiger charge is -2.06. The molecule has 2 heterocycles. The Hall–Kier alpha value is -2.65. The molecule has 0 aliphatic heterocycles. The maximum absolute atomic E-state index is 12.4. The summed E-state index contributed by atoms with van der Waals surface area (Å²) < 4.78 is 32.3. The van der Waals surface area contributed by atoms with Crippen molar-refractivity contribution in [2.24, 2.45) is 5.73 Å². The molecule has 0 spiro atoms. The Balaban J connectivity index is 1.83. The molecule has 23 heavy (non-hydrogen) atoms. The summed E-state index contributed by atoms with van der Waals surface area (Å²) in [7, 11) is -3.73. The smallest absolute Gasteiger partial charge is 0.271 e. The number of amides is 1. The highest BCUT2D eigenvalue weighted by molar-refractivity contribution is 7.94. The molecule has 3 N–H and O–H groups in total. The lowest BCUT2D eigenvalue weighted by atomic mass is 10.2. The van der Waals surface area contributed by atoms with E-state index in [1.54, 1.807) is 12.1 Å². The number of hydrogen-bond acceptors (Lipinski definition) is 6. The van der Waals surface area contributed by atoms with Gasteiger partial charge in [0.25, 0.3) is 10.0 Å². The lowest BCUT2D eigenvalue weighted by Crippen LogP contribution is -2.13. The van der Waals surface area contributed by atoms with Crippen molar-refractivity contribution in [1.29, 1.82) is 0 Å². The Morgan fingerprint density at radius 2 is 1.87 bits per heavy atom. The minimum atomic E-state index is -3.73. The van der Waals surface area contributed by atoms with Crippen LogP contribution in [-0.4, -0.2) is 19.5 Å². The molecule has 3 aromatic rings. The number of hydrogen-bond donors (Lipinski definition) is 2. The molecular formula is C14H11N3O4S2. The van der Waals surface area contributed by atoms with Crippen molar-refractivity contribution in [3.05, 3.63) is 54.2 Å². The topological polar surface area (TPSA) is 115 Å². The van der Waals surface area contributed by atoms with E-state index in [0.29, 0.717) is 21.9 Å². The second-order valence-corrected chi connectivity index (χ2v) is 7.54. The molecule has 0 atom stereocenters. The summed E-state index contributed by atoms with van der Waals surface area (Å²) in [4.78, 5) is 11.7. The monoisotopic (exact) mass is 349 g/mol. The fraction of sp³-hybridized carbons (Fsp3) is 0. The minimum Gasteiger partial charge on any atom is -0.366 e. The summed E-state index contributed by atoms with van der Waals surface area (Å²) in [6, 6.07) is 10.6. The molecule has 0 unspecified atom stereocenters. The first-order valence-corrected chi connectivity index (χ1v) is 8.69. The average Bonchev–Trinajstić information content (AvgIpc) is 3.19. The maximum Gasteiger partial charge on any atom is 0.271 e. The molecule has 9 heteroatoms. The van der Waals surface area contributed by atoms with Gasteiger partial charge in [-0.25, -0.2) is 8.42 Å². The molecule has 118 valence electrons. The maximum atomic E-state index is 12.4. The van der Waals surface area contributed by atoms with Crippen molar-refractivity contribution >= 4 is 33.0 Å². The van der Waals surface area contributed by atoms with Gasteiger partial charge in [-0.05, 0) is 36.4 Å². The Kier molecular flexibility index (Phi) is 3.89. The van der Waals surface area contributed by atoms with Crippen LogP contribution in [0.5, 0.6) is 0 Å². The number of thiophene rings is 1. The van der Waals surface area contributed by atoms with E-state index >= 15 is 0 Å². The predicted molar refractivity (Wildman–Crippen MR) is 85.6 cm³/mol. The second-order valence-electron chi connectivity index (χ2n) is 4.54. The van der Waals surface area contributed by atoms with Gasteiger partial charge in [0.1, 0.15) is 4.21 Å². The Labute approximate surface area is 135 Å². The highest BCUT2D eigenvalue weighted by atomic mass is 32.2. The van der Waals surface area contributed by atoms with E-state index in [1.165, 1.54) is 36.5 Å². The quantitative estimate of drug-likeness (QED) is 0.733. The van der Waals surface area contributed by atoms with Crippen molar-refractivity contribution in [3.8, 4) is 10.6 Å². The number of rotatable bonds is 5. The summed E-state index contributed by atoms with van der Waals surface area (Å²) in [6.45, 7) is 0. The molecule has 0 aliphatic rings. The van der Waals surface area contributed by atoms with Gasteiger partial charge in [0.15, 0.2) is 5.76 Å². The van der Waals surface area contributed by atoms with Gasteiger partial charge in [-0.15, -0.1) is 11.3 Å². The van der Waals surface area contributed by atoms with Crippen LogP contribution in [0.4, 0.5) is 5.69 Å². The van der Waals surface area contributed by atoms with Gasteiger partial charge in [0.05, 0.1) is 11.1 Å². The number of nitrogens with zero attached hydrogens (tertiary/aromatic N) is 1. The first-order chi connectivity index (χ1) is 11.0. The lowest BCUT2D eigenvalue weighted by molar-refractivity contribution is 0.100. The van der Waals surface area contributed by atoms with E-state index < -0.39 is 15.9 Å². The number of benzene rings is 1. The van der Waals surface area contributed by atoms with Crippen LogP contribution in [0.1, 0.15) is 10.4 Å². The highest BCUT2D eigenvalue weighted by Gasteiger charge is 2.18. The predicted octanol–water partition coefficient (Wildman–Crippen LogP) is 2.30. The van der Waals surface area contributed by atoms with E-state index in [4.69, 9.17) is 10.3 Å². The molecule has 0 saturated carbocycles. The van der Waals surface area contributed by atoms with E-state index in [9.17, 15) is 13.2 Å². The van der Waals surface area contributed by atoms with Crippen LogP contribution < -0.4 is 10.5 Å². The summed E-state index contributed by atoms with van der Waals surface area (Å²) in [6.07, 6.45) is 1.49. The third kappa shape index (κ3) is 3.25. The fourth-order valence-corrected chi connectivity index (χ4v) is 4.17. The summed E-state index contributed by atoms with van der Waals surface area (Å²) in [5.74, 6) is -0.0726. The number of aromatic nitrogens is 1. The molecule has 0 bridgehead atoms. The molecule has 0 radical (unpaired) electrons. The average molecular weight is 349 g/mol. The zero-order valence-electron chi connectivity index (χ0n) is 11.6. The number of nitrogens with one attached hydrogen (secondary N) is 1. The van der Waals surface area contributed by atoms with E-state index in [0.717, 1.165) is 11.3 Å². The van der Waals surface area contributed by atoms with Gasteiger partial charge >= 0.3 is 0 Å². The van der Waals surface area contributed by atoms with Gasteiger partial charge in [-0.2, -0.15) is 0 Å². The number of primary amides is 1. The van der Waals surface area contributed by atoms with Crippen LogP contribution in [0.2, 0.25) is 0 Å². The van der Waals surface area contributed by atoms with Crippen molar-refractivity contribution in [3.63, 3.8) is 0 Å². The van der Waals surface area contributed by atoms with Gasteiger partial charge < -0.3 is 10.3 Å². The van der Waals surface area contributed by atoms with Crippen LogP contribution in [0.3, 0.4) is 0 Å². The molecule has 1 amide bonds. The third-order valence-electron chi connectivity index (χ3n) is 2.95. The van der Waals surface area contributed by atoms with Gasteiger partial charge in [0.2, 0.25) is 5.91 Å². The Bertz CT molecular complexity index is 929. The molecule has 0 saturated heterocycles. The van der Waals surface area contributed by atoms with E-state index in [2.05, 4.69) is 9.88 Å². The van der Waals surface area contributed by atoms with Crippen molar-refractivity contribution in [2.45, 2.75) is 4.21 Å². The normalized spacial score (nSPS) is 11.3. The fourth-order valence-electron chi connectivity index (χ4n) is 1.85. The first kappa shape index (κ1) is 15.3. The van der Waals surface area contributed by atoms with Crippen molar-refractivity contribution < 1.29 is 17.7 Å². The molecule has 1 aromatic carbocycles. The second kappa shape index (κ2) is 5.86. The molecule has 2 aromatic heterocycles. The SMILES string of the molecule is NC(=O)c1ccc(NS(=O)(=O)c2ccc(-c3ccno3)s2)cc1. The molecule has 0 aliphatic carbocycles. The number of carbonyl (C=O) groups is 1.